The van der Waals surface area contributed by atoms with Crippen LogP contribution in [0.3, 0.4) is 0 Å². The molecule has 7 nitrogen and oxygen atoms in total. The van der Waals surface area contributed by atoms with Crippen molar-refractivity contribution in [3.8, 4) is 0 Å². The average Bonchev–Trinajstić information content (AvgIpc) is 2.61. The van der Waals surface area contributed by atoms with Gasteiger partial charge in [0.2, 0.25) is 6.23 Å². The van der Waals surface area contributed by atoms with Crippen molar-refractivity contribution in [2.75, 3.05) is 19.0 Å². The Hall–Kier alpha value is -1.58. The van der Waals surface area contributed by atoms with Gasteiger partial charge in [-0.1, -0.05) is 0 Å². The summed E-state index contributed by atoms with van der Waals surface area (Å²) >= 11 is 0. The molecule has 1 aliphatic heterocycles. The molecule has 3 atom stereocenters. The fourth-order valence-corrected chi connectivity index (χ4v) is 1.85. The first-order valence-corrected chi connectivity index (χ1v) is 5.51. The highest BCUT2D eigenvalue weighted by Crippen LogP contribution is 2.41. The molecule has 1 fully saturated rings. The fourth-order valence-electron chi connectivity index (χ4n) is 1.85. The highest BCUT2D eigenvalue weighted by atomic mass is 19.3. The van der Waals surface area contributed by atoms with Crippen molar-refractivity contribution in [3.05, 3.63) is 22.7 Å². The summed E-state index contributed by atoms with van der Waals surface area (Å²) in [5.41, 5.74) is -0.942. The lowest BCUT2D eigenvalue weighted by Crippen LogP contribution is -2.41. The van der Waals surface area contributed by atoms with Crippen LogP contribution in [0.2, 0.25) is 0 Å². The molecule has 0 amide bonds. The molecule has 2 heterocycles. The molecule has 0 spiro atoms. The zero-order valence-electron chi connectivity index (χ0n) is 9.96. The van der Waals surface area contributed by atoms with E-state index in [-0.39, 0.29) is 5.82 Å². The Labute approximate surface area is 106 Å². The Balaban J connectivity index is 2.39. The van der Waals surface area contributed by atoms with Crippen LogP contribution < -0.4 is 11.0 Å². The van der Waals surface area contributed by atoms with E-state index in [0.29, 0.717) is 4.57 Å². The highest BCUT2D eigenvalue weighted by Gasteiger charge is 2.59. The lowest BCUT2D eigenvalue weighted by molar-refractivity contribution is -0.140. The van der Waals surface area contributed by atoms with Crippen LogP contribution in [0.25, 0.3) is 0 Å². The second kappa shape index (κ2) is 4.83. The number of aliphatic hydroxyl groups is 2. The molecule has 9 heteroatoms. The molecule has 1 aromatic heterocycles. The normalized spacial score (nSPS) is 29.4. The summed E-state index contributed by atoms with van der Waals surface area (Å²) in [5.74, 6) is -3.47. The number of hydrogen-bond acceptors (Lipinski definition) is 6. The average molecular weight is 277 g/mol. The third-order valence-electron chi connectivity index (χ3n) is 2.90. The van der Waals surface area contributed by atoms with Gasteiger partial charge in [0, 0.05) is 13.2 Å². The van der Waals surface area contributed by atoms with Crippen LogP contribution in [-0.2, 0) is 4.74 Å². The zero-order valence-corrected chi connectivity index (χ0v) is 9.96. The van der Waals surface area contributed by atoms with Crippen molar-refractivity contribution >= 4 is 5.82 Å². The molecule has 3 N–H and O–H groups in total. The van der Waals surface area contributed by atoms with Crippen molar-refractivity contribution in [2.45, 2.75) is 24.4 Å². The number of halogens is 2. The van der Waals surface area contributed by atoms with Crippen LogP contribution in [0.5, 0.6) is 0 Å². The molecule has 2 rings (SSSR count). The lowest BCUT2D eigenvalue weighted by atomic mass is 10.1. The monoisotopic (exact) mass is 277 g/mol. The Morgan fingerprint density at radius 3 is 2.79 bits per heavy atom. The number of rotatable bonds is 3. The van der Waals surface area contributed by atoms with Crippen molar-refractivity contribution in [3.63, 3.8) is 0 Å². The van der Waals surface area contributed by atoms with E-state index in [0.717, 1.165) is 6.20 Å². The topological polar surface area (TPSA) is 96.6 Å². The molecule has 0 radical (unpaired) electrons. The van der Waals surface area contributed by atoms with E-state index in [9.17, 15) is 18.7 Å². The van der Waals surface area contributed by atoms with Crippen LogP contribution in [0.4, 0.5) is 14.6 Å². The minimum absolute atomic E-state index is 0.224. The van der Waals surface area contributed by atoms with Crippen molar-refractivity contribution in [1.82, 2.24) is 9.55 Å². The zero-order chi connectivity index (χ0) is 14.2. The maximum atomic E-state index is 13.8. The third kappa shape index (κ3) is 2.20. The van der Waals surface area contributed by atoms with Gasteiger partial charge in [0.25, 0.3) is 0 Å². The largest absolute Gasteiger partial charge is 0.394 e. The molecule has 19 heavy (non-hydrogen) atoms. The number of aromatic nitrogens is 2. The lowest BCUT2D eigenvalue weighted by Gasteiger charge is -2.21. The number of nitrogens with one attached hydrogen (secondary N) is 1. The maximum absolute atomic E-state index is 13.8. The van der Waals surface area contributed by atoms with E-state index >= 15 is 0 Å². The fraction of sp³-hybridized carbons (Fsp3) is 0.600. The molecule has 106 valence electrons. The summed E-state index contributed by atoms with van der Waals surface area (Å²) in [5, 5.41) is 20.8. The van der Waals surface area contributed by atoms with Gasteiger partial charge in [-0.2, -0.15) is 13.8 Å². The first-order valence-electron chi connectivity index (χ1n) is 5.51. The van der Waals surface area contributed by atoms with E-state index in [1.807, 2.05) is 0 Å². The SMILES string of the molecule is CNc1ccn(C2O[C@H](CO)[C@@H](O)C2(F)F)c(=O)n1. The quantitative estimate of drug-likeness (QED) is 0.667. The number of ether oxygens (including phenoxy) is 1. The van der Waals surface area contributed by atoms with Gasteiger partial charge in [-0.3, -0.25) is 4.57 Å². The summed E-state index contributed by atoms with van der Waals surface area (Å²) < 4.78 is 33.0. The summed E-state index contributed by atoms with van der Waals surface area (Å²) in [4.78, 5) is 15.1. The summed E-state index contributed by atoms with van der Waals surface area (Å²) in [6, 6.07) is 1.32. The Morgan fingerprint density at radius 1 is 1.63 bits per heavy atom. The smallest absolute Gasteiger partial charge is 0.351 e. The molecule has 1 aromatic rings. The van der Waals surface area contributed by atoms with E-state index in [4.69, 9.17) is 9.84 Å². The minimum atomic E-state index is -3.69. The summed E-state index contributed by atoms with van der Waals surface area (Å²) in [6.07, 6.45) is -4.54. The van der Waals surface area contributed by atoms with Crippen LogP contribution in [0, 0.1) is 0 Å². The summed E-state index contributed by atoms with van der Waals surface area (Å²) in [6.45, 7) is -0.774. The first-order chi connectivity index (χ1) is 8.91. The second-order valence-electron chi connectivity index (χ2n) is 4.08. The van der Waals surface area contributed by atoms with Gasteiger partial charge >= 0.3 is 11.6 Å². The molecule has 1 unspecified atom stereocenters. The van der Waals surface area contributed by atoms with Gasteiger partial charge < -0.3 is 20.3 Å². The first kappa shape index (κ1) is 13.8. The van der Waals surface area contributed by atoms with Gasteiger partial charge in [-0.25, -0.2) is 4.79 Å². The van der Waals surface area contributed by atoms with Crippen LogP contribution >= 0.6 is 0 Å². The number of anilines is 1. The number of hydrogen-bond donors (Lipinski definition) is 3. The van der Waals surface area contributed by atoms with Gasteiger partial charge in [0.1, 0.15) is 11.9 Å². The molecule has 1 aliphatic rings. The van der Waals surface area contributed by atoms with E-state index < -0.39 is 36.7 Å². The molecule has 1 saturated heterocycles. The van der Waals surface area contributed by atoms with E-state index in [1.165, 1.54) is 13.1 Å². The van der Waals surface area contributed by atoms with Crippen molar-refractivity contribution in [1.29, 1.82) is 0 Å². The second-order valence-corrected chi connectivity index (χ2v) is 4.08. The number of alkyl halides is 2. The van der Waals surface area contributed by atoms with Gasteiger partial charge in [0.05, 0.1) is 6.61 Å². The molecule has 0 aliphatic carbocycles. The molecular weight excluding hydrogens is 264 g/mol. The number of nitrogens with zero attached hydrogens (tertiary/aromatic N) is 2. The Kier molecular flexibility index (Phi) is 3.52. The molecule has 0 saturated carbocycles. The molecule has 0 aromatic carbocycles. The molecular formula is C10H13F2N3O4. The standard InChI is InChI=1S/C10H13F2N3O4/c1-13-6-2-3-15(9(18)14-6)8-10(11,12)7(17)5(4-16)19-8/h2-3,5,7-8,16-17H,4H2,1H3,(H,13,14,18)/t5-,7-,8?/m1/s1. The van der Waals surface area contributed by atoms with Crippen molar-refractivity contribution in [2.24, 2.45) is 0 Å². The Morgan fingerprint density at radius 2 is 2.32 bits per heavy atom. The number of aliphatic hydroxyl groups excluding tert-OH is 2. The van der Waals surface area contributed by atoms with Gasteiger partial charge in [-0.15, -0.1) is 0 Å². The highest BCUT2D eigenvalue weighted by molar-refractivity contribution is 5.30. The van der Waals surface area contributed by atoms with Crippen molar-refractivity contribution < 1.29 is 23.7 Å². The van der Waals surface area contributed by atoms with Crippen LogP contribution in [0.1, 0.15) is 6.23 Å². The molecule has 0 bridgehead atoms. The van der Waals surface area contributed by atoms with E-state index in [1.54, 1.807) is 0 Å². The van der Waals surface area contributed by atoms with Crippen LogP contribution in [-0.4, -0.2) is 51.5 Å². The predicted molar refractivity (Wildman–Crippen MR) is 60.0 cm³/mol. The maximum Gasteiger partial charge on any atom is 0.351 e. The van der Waals surface area contributed by atoms with E-state index in [2.05, 4.69) is 10.3 Å². The summed E-state index contributed by atoms with van der Waals surface area (Å²) in [7, 11) is 1.53. The third-order valence-corrected chi connectivity index (χ3v) is 2.90. The van der Waals surface area contributed by atoms with Gasteiger partial charge in [0.15, 0.2) is 6.10 Å². The predicted octanol–water partition coefficient (Wildman–Crippen LogP) is -0.829. The van der Waals surface area contributed by atoms with Crippen LogP contribution in [0.15, 0.2) is 17.1 Å². The van der Waals surface area contributed by atoms with Gasteiger partial charge in [-0.05, 0) is 6.07 Å². The Bertz CT molecular complexity index is 522. The minimum Gasteiger partial charge on any atom is -0.394 e.